The van der Waals surface area contributed by atoms with E-state index in [9.17, 15) is 5.11 Å². The second kappa shape index (κ2) is 8.88. The van der Waals surface area contributed by atoms with E-state index in [1.54, 1.807) is 12.1 Å². The third-order valence-electron chi connectivity index (χ3n) is 5.12. The molecule has 2 fully saturated rings. The molecular formula is C19H29ClN4O. The molecule has 1 aromatic rings. The maximum absolute atomic E-state index is 10.4. The van der Waals surface area contributed by atoms with Crippen LogP contribution in [0.2, 0.25) is 5.02 Å². The first-order valence-corrected chi connectivity index (χ1v) is 9.76. The van der Waals surface area contributed by atoms with E-state index in [2.05, 4.69) is 27.0 Å². The number of likely N-dealkylation sites (tertiary alicyclic amines) is 2. The summed E-state index contributed by atoms with van der Waals surface area (Å²) in [5.74, 6) is 0.914. The Labute approximate surface area is 155 Å². The van der Waals surface area contributed by atoms with Gasteiger partial charge in [0.05, 0.1) is 12.6 Å². The second-order valence-corrected chi connectivity index (χ2v) is 7.33. The minimum Gasteiger partial charge on any atom is -0.386 e. The van der Waals surface area contributed by atoms with Crippen molar-refractivity contribution in [3.63, 3.8) is 0 Å². The molecule has 0 saturated carbocycles. The largest absolute Gasteiger partial charge is 0.386 e. The smallest absolute Gasteiger partial charge is 0.194 e. The molecule has 2 saturated heterocycles. The summed E-state index contributed by atoms with van der Waals surface area (Å²) in [6.45, 7) is 7.81. The second-order valence-electron chi connectivity index (χ2n) is 6.89. The number of halogens is 1. The number of aliphatic hydroxyl groups excluding tert-OH is 1. The number of hydrogen-bond acceptors (Lipinski definition) is 3. The van der Waals surface area contributed by atoms with Crippen LogP contribution in [0.25, 0.3) is 0 Å². The van der Waals surface area contributed by atoms with E-state index in [1.807, 2.05) is 12.1 Å². The number of aliphatic imine (C=N–C) groups is 1. The summed E-state index contributed by atoms with van der Waals surface area (Å²) in [4.78, 5) is 9.64. The molecule has 0 aromatic heterocycles. The molecular weight excluding hydrogens is 336 g/mol. The van der Waals surface area contributed by atoms with Crippen LogP contribution in [0, 0.1) is 0 Å². The van der Waals surface area contributed by atoms with Crippen LogP contribution in [0.4, 0.5) is 0 Å². The molecule has 138 valence electrons. The van der Waals surface area contributed by atoms with Gasteiger partial charge in [-0.3, -0.25) is 9.89 Å². The Morgan fingerprint density at radius 2 is 2.00 bits per heavy atom. The zero-order valence-electron chi connectivity index (χ0n) is 15.0. The van der Waals surface area contributed by atoms with E-state index in [0.29, 0.717) is 17.6 Å². The molecule has 0 radical (unpaired) electrons. The van der Waals surface area contributed by atoms with Gasteiger partial charge in [-0.05, 0) is 57.0 Å². The molecule has 1 aromatic carbocycles. The molecule has 3 rings (SSSR count). The van der Waals surface area contributed by atoms with Crippen molar-refractivity contribution >= 4 is 17.6 Å². The summed E-state index contributed by atoms with van der Waals surface area (Å²) < 4.78 is 0. The first-order valence-electron chi connectivity index (χ1n) is 9.38. The van der Waals surface area contributed by atoms with Crippen molar-refractivity contribution in [2.45, 2.75) is 38.3 Å². The van der Waals surface area contributed by atoms with Gasteiger partial charge >= 0.3 is 0 Å². The zero-order chi connectivity index (χ0) is 17.6. The number of guanidine groups is 1. The van der Waals surface area contributed by atoms with Gasteiger partial charge in [-0.15, -0.1) is 0 Å². The minimum absolute atomic E-state index is 0.356. The molecule has 2 aliphatic rings. The number of benzene rings is 1. The SMILES string of the molecule is CCNC(=NCC(O)c1ccc(Cl)cc1)N1CCC(N2CCCC2)C1. The highest BCUT2D eigenvalue weighted by Crippen LogP contribution is 2.21. The Hall–Kier alpha value is -1.30. The molecule has 0 spiro atoms. The van der Waals surface area contributed by atoms with E-state index < -0.39 is 6.10 Å². The maximum Gasteiger partial charge on any atom is 0.194 e. The van der Waals surface area contributed by atoms with E-state index in [0.717, 1.165) is 31.2 Å². The molecule has 2 N–H and O–H groups in total. The third kappa shape index (κ3) is 4.87. The van der Waals surface area contributed by atoms with Gasteiger partial charge in [-0.2, -0.15) is 0 Å². The minimum atomic E-state index is -0.608. The van der Waals surface area contributed by atoms with Crippen LogP contribution < -0.4 is 5.32 Å². The molecule has 5 nitrogen and oxygen atoms in total. The molecule has 2 aliphatic heterocycles. The van der Waals surface area contributed by atoms with Crippen molar-refractivity contribution in [2.24, 2.45) is 4.99 Å². The lowest BCUT2D eigenvalue weighted by molar-refractivity contribution is 0.186. The van der Waals surface area contributed by atoms with Gasteiger partial charge in [0.2, 0.25) is 0 Å². The summed E-state index contributed by atoms with van der Waals surface area (Å²) in [5.41, 5.74) is 0.848. The summed E-state index contributed by atoms with van der Waals surface area (Å²) in [6, 6.07) is 7.96. The van der Waals surface area contributed by atoms with Gasteiger partial charge in [0.15, 0.2) is 5.96 Å². The predicted octanol–water partition coefficient (Wildman–Crippen LogP) is 2.51. The van der Waals surface area contributed by atoms with Crippen LogP contribution in [0.5, 0.6) is 0 Å². The fourth-order valence-corrected chi connectivity index (χ4v) is 3.85. The summed E-state index contributed by atoms with van der Waals surface area (Å²) in [5, 5.41) is 14.4. The monoisotopic (exact) mass is 364 g/mol. The molecule has 2 unspecified atom stereocenters. The summed E-state index contributed by atoms with van der Waals surface area (Å²) >= 11 is 5.91. The number of nitrogens with zero attached hydrogens (tertiary/aromatic N) is 3. The fraction of sp³-hybridized carbons (Fsp3) is 0.632. The number of rotatable bonds is 5. The Morgan fingerprint density at radius 3 is 2.68 bits per heavy atom. The first kappa shape index (κ1) is 18.5. The lowest BCUT2D eigenvalue weighted by atomic mass is 10.1. The van der Waals surface area contributed by atoms with E-state index in [1.165, 1.54) is 32.4 Å². The number of hydrogen-bond donors (Lipinski definition) is 2. The van der Waals surface area contributed by atoms with Gasteiger partial charge < -0.3 is 15.3 Å². The van der Waals surface area contributed by atoms with E-state index >= 15 is 0 Å². The van der Waals surface area contributed by atoms with Gasteiger partial charge in [-0.1, -0.05) is 23.7 Å². The van der Waals surface area contributed by atoms with Gasteiger partial charge in [0.1, 0.15) is 0 Å². The van der Waals surface area contributed by atoms with Crippen LogP contribution in [0.15, 0.2) is 29.3 Å². The van der Waals surface area contributed by atoms with Crippen molar-refractivity contribution in [3.8, 4) is 0 Å². The van der Waals surface area contributed by atoms with Gasteiger partial charge in [0.25, 0.3) is 0 Å². The molecule has 0 bridgehead atoms. The summed E-state index contributed by atoms with van der Waals surface area (Å²) in [7, 11) is 0. The van der Waals surface area contributed by atoms with Crippen molar-refractivity contribution in [3.05, 3.63) is 34.9 Å². The zero-order valence-corrected chi connectivity index (χ0v) is 15.8. The van der Waals surface area contributed by atoms with Crippen LogP contribution in [0.3, 0.4) is 0 Å². The Kier molecular flexibility index (Phi) is 6.57. The Bertz CT molecular complexity index is 571. The van der Waals surface area contributed by atoms with Crippen LogP contribution in [-0.2, 0) is 0 Å². The highest BCUT2D eigenvalue weighted by Gasteiger charge is 2.30. The van der Waals surface area contributed by atoms with E-state index in [-0.39, 0.29) is 0 Å². The molecule has 25 heavy (non-hydrogen) atoms. The van der Waals surface area contributed by atoms with Crippen LogP contribution >= 0.6 is 11.6 Å². The van der Waals surface area contributed by atoms with E-state index in [4.69, 9.17) is 11.6 Å². The third-order valence-corrected chi connectivity index (χ3v) is 5.38. The Morgan fingerprint density at radius 1 is 1.28 bits per heavy atom. The highest BCUT2D eigenvalue weighted by atomic mass is 35.5. The van der Waals surface area contributed by atoms with Crippen molar-refractivity contribution < 1.29 is 5.11 Å². The molecule has 2 heterocycles. The molecule has 0 aliphatic carbocycles. The van der Waals surface area contributed by atoms with Gasteiger partial charge in [-0.25, -0.2) is 0 Å². The fourth-order valence-electron chi connectivity index (χ4n) is 3.73. The summed E-state index contributed by atoms with van der Waals surface area (Å²) in [6.07, 6.45) is 3.25. The standard InChI is InChI=1S/C19H29ClN4O/c1-2-21-19(22-13-18(25)15-5-7-16(20)8-6-15)24-12-9-17(14-24)23-10-3-4-11-23/h5-8,17-18,25H,2-4,9-14H2,1H3,(H,21,22). The lowest BCUT2D eigenvalue weighted by Crippen LogP contribution is -2.43. The van der Waals surface area contributed by atoms with Crippen molar-refractivity contribution in [2.75, 3.05) is 39.3 Å². The highest BCUT2D eigenvalue weighted by molar-refractivity contribution is 6.30. The van der Waals surface area contributed by atoms with Crippen molar-refractivity contribution in [1.29, 1.82) is 0 Å². The van der Waals surface area contributed by atoms with Crippen LogP contribution in [-0.4, -0.2) is 66.2 Å². The lowest BCUT2D eigenvalue weighted by Gasteiger charge is -2.25. The van der Waals surface area contributed by atoms with Crippen LogP contribution in [0.1, 0.15) is 37.9 Å². The molecule has 6 heteroatoms. The average Bonchev–Trinajstić information content (AvgIpc) is 3.30. The topological polar surface area (TPSA) is 51.1 Å². The quantitative estimate of drug-likeness (QED) is 0.622. The Balaban J connectivity index is 1.60. The number of nitrogens with one attached hydrogen (secondary N) is 1. The maximum atomic E-state index is 10.4. The predicted molar refractivity (Wildman–Crippen MR) is 103 cm³/mol. The van der Waals surface area contributed by atoms with Crippen molar-refractivity contribution in [1.82, 2.24) is 15.1 Å². The normalized spacial score (nSPS) is 23.2. The average molecular weight is 365 g/mol. The molecule has 2 atom stereocenters. The first-order chi connectivity index (χ1) is 12.2. The number of aliphatic hydroxyl groups is 1. The molecule has 0 amide bonds. The van der Waals surface area contributed by atoms with Gasteiger partial charge in [0, 0.05) is 30.7 Å².